The lowest BCUT2D eigenvalue weighted by Crippen LogP contribution is -2.03. The van der Waals surface area contributed by atoms with Crippen molar-refractivity contribution in [2.75, 3.05) is 0 Å². The van der Waals surface area contributed by atoms with E-state index in [1.165, 1.54) is 0 Å². The highest BCUT2D eigenvalue weighted by Crippen LogP contribution is 2.45. The monoisotopic (exact) mass is 188 g/mol. The standard InChI is InChI=1S/C11H12N2O/c1-7-9-6-8(11(14)4-5-11)2-3-10(9)13-12-7/h2-3,6,14H,4-5H2,1H3,(H,12,13). The lowest BCUT2D eigenvalue weighted by atomic mass is 10.0. The molecule has 0 saturated heterocycles. The van der Waals surface area contributed by atoms with Crippen LogP contribution in [0.15, 0.2) is 18.2 Å². The van der Waals surface area contributed by atoms with Crippen LogP contribution >= 0.6 is 0 Å². The summed E-state index contributed by atoms with van der Waals surface area (Å²) in [6.45, 7) is 2.00. The Labute approximate surface area is 81.8 Å². The maximum atomic E-state index is 9.96. The van der Waals surface area contributed by atoms with Gasteiger partial charge in [0.05, 0.1) is 11.1 Å². The van der Waals surface area contributed by atoms with E-state index in [4.69, 9.17) is 0 Å². The van der Waals surface area contributed by atoms with E-state index in [1.807, 2.05) is 25.1 Å². The number of fused-ring (bicyclic) bond motifs is 1. The summed E-state index contributed by atoms with van der Waals surface area (Å²) in [5.41, 5.74) is 2.51. The molecule has 0 atom stereocenters. The third-order valence-electron chi connectivity index (χ3n) is 3.01. The zero-order valence-corrected chi connectivity index (χ0v) is 8.04. The van der Waals surface area contributed by atoms with Crippen molar-refractivity contribution in [3.8, 4) is 0 Å². The first-order valence-corrected chi connectivity index (χ1v) is 4.87. The molecule has 0 bridgehead atoms. The Kier molecular flexibility index (Phi) is 1.35. The Morgan fingerprint density at radius 1 is 1.43 bits per heavy atom. The van der Waals surface area contributed by atoms with E-state index in [0.717, 1.165) is 35.0 Å². The average molecular weight is 188 g/mol. The predicted octanol–water partition coefficient (Wildman–Crippen LogP) is 1.85. The molecule has 0 unspecified atom stereocenters. The van der Waals surface area contributed by atoms with Crippen LogP contribution in [-0.4, -0.2) is 15.3 Å². The van der Waals surface area contributed by atoms with Gasteiger partial charge in [0.1, 0.15) is 0 Å². The number of hydrogen-bond acceptors (Lipinski definition) is 2. The first-order chi connectivity index (χ1) is 6.69. The van der Waals surface area contributed by atoms with Gasteiger partial charge in [0.25, 0.3) is 0 Å². The minimum Gasteiger partial charge on any atom is -0.385 e. The minimum atomic E-state index is -0.544. The van der Waals surface area contributed by atoms with Crippen LogP contribution in [0.2, 0.25) is 0 Å². The van der Waals surface area contributed by atoms with E-state index in [0.29, 0.717) is 0 Å². The molecule has 2 N–H and O–H groups in total. The van der Waals surface area contributed by atoms with Crippen LogP contribution in [-0.2, 0) is 5.60 Å². The third-order valence-corrected chi connectivity index (χ3v) is 3.01. The molecular weight excluding hydrogens is 176 g/mol. The van der Waals surface area contributed by atoms with Gasteiger partial charge in [-0.15, -0.1) is 0 Å². The highest BCUT2D eigenvalue weighted by molar-refractivity contribution is 5.82. The Morgan fingerprint density at radius 3 is 2.93 bits per heavy atom. The molecule has 3 nitrogen and oxygen atoms in total. The maximum Gasteiger partial charge on any atom is 0.0923 e. The minimum absolute atomic E-state index is 0.544. The number of hydrogen-bond donors (Lipinski definition) is 2. The summed E-state index contributed by atoms with van der Waals surface area (Å²) in [4.78, 5) is 0. The van der Waals surface area contributed by atoms with Crippen molar-refractivity contribution in [3.63, 3.8) is 0 Å². The van der Waals surface area contributed by atoms with Gasteiger partial charge in [-0.05, 0) is 37.5 Å². The maximum absolute atomic E-state index is 9.96. The Hall–Kier alpha value is -1.35. The zero-order chi connectivity index (χ0) is 9.76. The number of nitrogens with zero attached hydrogens (tertiary/aromatic N) is 1. The van der Waals surface area contributed by atoms with Gasteiger partial charge in [-0.25, -0.2) is 0 Å². The smallest absolute Gasteiger partial charge is 0.0923 e. The summed E-state index contributed by atoms with van der Waals surface area (Å²) >= 11 is 0. The number of rotatable bonds is 1. The fraction of sp³-hybridized carbons (Fsp3) is 0.364. The lowest BCUT2D eigenvalue weighted by molar-refractivity contribution is 0.151. The van der Waals surface area contributed by atoms with Gasteiger partial charge in [-0.2, -0.15) is 5.10 Å². The van der Waals surface area contributed by atoms with Gasteiger partial charge >= 0.3 is 0 Å². The fourth-order valence-electron chi connectivity index (χ4n) is 1.83. The van der Waals surface area contributed by atoms with E-state index < -0.39 is 5.60 Å². The molecule has 72 valence electrons. The van der Waals surface area contributed by atoms with Crippen LogP contribution in [0, 0.1) is 6.92 Å². The Bertz CT molecular complexity index is 497. The SMILES string of the molecule is Cc1[nH]nc2ccc(C3(O)CC3)cc12. The van der Waals surface area contributed by atoms with Crippen molar-refractivity contribution >= 4 is 10.9 Å². The second-order valence-electron chi connectivity index (χ2n) is 4.11. The van der Waals surface area contributed by atoms with Gasteiger partial charge in [-0.1, -0.05) is 6.07 Å². The summed E-state index contributed by atoms with van der Waals surface area (Å²) < 4.78 is 0. The molecular formula is C11H12N2O. The van der Waals surface area contributed by atoms with Gasteiger partial charge in [0, 0.05) is 11.1 Å². The molecule has 1 aliphatic carbocycles. The molecule has 0 spiro atoms. The number of aryl methyl sites for hydroxylation is 1. The molecule has 1 aliphatic rings. The molecule has 1 aromatic carbocycles. The molecule has 0 radical (unpaired) electrons. The number of H-pyrrole nitrogens is 1. The molecule has 14 heavy (non-hydrogen) atoms. The Morgan fingerprint density at radius 2 is 2.21 bits per heavy atom. The normalized spacial score (nSPS) is 18.7. The number of aliphatic hydroxyl groups is 1. The predicted molar refractivity (Wildman–Crippen MR) is 54.0 cm³/mol. The van der Waals surface area contributed by atoms with E-state index in [-0.39, 0.29) is 0 Å². The molecule has 1 aromatic heterocycles. The molecule has 1 heterocycles. The van der Waals surface area contributed by atoms with Crippen LogP contribution in [0.5, 0.6) is 0 Å². The zero-order valence-electron chi connectivity index (χ0n) is 8.04. The topological polar surface area (TPSA) is 48.9 Å². The molecule has 0 amide bonds. The molecule has 3 rings (SSSR count). The number of benzene rings is 1. The number of aromatic amines is 1. The summed E-state index contributed by atoms with van der Waals surface area (Å²) in [6, 6.07) is 5.97. The Balaban J connectivity index is 2.23. The second-order valence-corrected chi connectivity index (χ2v) is 4.11. The second kappa shape index (κ2) is 2.36. The molecule has 0 aliphatic heterocycles. The van der Waals surface area contributed by atoms with Crippen LogP contribution in [0.4, 0.5) is 0 Å². The van der Waals surface area contributed by atoms with Crippen molar-refractivity contribution in [2.45, 2.75) is 25.4 Å². The van der Waals surface area contributed by atoms with Crippen molar-refractivity contribution in [3.05, 3.63) is 29.5 Å². The first-order valence-electron chi connectivity index (χ1n) is 4.87. The summed E-state index contributed by atoms with van der Waals surface area (Å²) in [5.74, 6) is 0. The quantitative estimate of drug-likeness (QED) is 0.717. The van der Waals surface area contributed by atoms with E-state index in [2.05, 4.69) is 10.2 Å². The fourth-order valence-corrected chi connectivity index (χ4v) is 1.83. The van der Waals surface area contributed by atoms with Crippen LogP contribution in [0.25, 0.3) is 10.9 Å². The van der Waals surface area contributed by atoms with Gasteiger partial charge in [0.2, 0.25) is 0 Å². The lowest BCUT2D eigenvalue weighted by Gasteiger charge is -2.07. The van der Waals surface area contributed by atoms with Gasteiger partial charge in [0.15, 0.2) is 0 Å². The molecule has 3 heteroatoms. The molecule has 1 fully saturated rings. The van der Waals surface area contributed by atoms with Crippen molar-refractivity contribution in [1.82, 2.24) is 10.2 Å². The van der Waals surface area contributed by atoms with E-state index in [9.17, 15) is 5.11 Å². The molecule has 1 saturated carbocycles. The van der Waals surface area contributed by atoms with E-state index in [1.54, 1.807) is 0 Å². The third kappa shape index (κ3) is 0.990. The summed E-state index contributed by atoms with van der Waals surface area (Å²) in [7, 11) is 0. The van der Waals surface area contributed by atoms with Crippen molar-refractivity contribution in [2.24, 2.45) is 0 Å². The highest BCUT2D eigenvalue weighted by Gasteiger charge is 2.42. The number of aromatic nitrogens is 2. The highest BCUT2D eigenvalue weighted by atomic mass is 16.3. The summed E-state index contributed by atoms with van der Waals surface area (Å²) in [6.07, 6.45) is 1.77. The van der Waals surface area contributed by atoms with Crippen molar-refractivity contribution in [1.29, 1.82) is 0 Å². The van der Waals surface area contributed by atoms with Crippen LogP contribution < -0.4 is 0 Å². The first kappa shape index (κ1) is 8.00. The summed E-state index contributed by atoms with van der Waals surface area (Å²) in [5, 5.41) is 18.2. The molecule has 2 aromatic rings. The average Bonchev–Trinajstić information content (AvgIpc) is 2.84. The van der Waals surface area contributed by atoms with Crippen molar-refractivity contribution < 1.29 is 5.11 Å². The largest absolute Gasteiger partial charge is 0.385 e. The van der Waals surface area contributed by atoms with Crippen LogP contribution in [0.3, 0.4) is 0 Å². The van der Waals surface area contributed by atoms with E-state index >= 15 is 0 Å². The van der Waals surface area contributed by atoms with Gasteiger partial charge < -0.3 is 5.11 Å². The van der Waals surface area contributed by atoms with Crippen LogP contribution in [0.1, 0.15) is 24.1 Å². The number of nitrogens with one attached hydrogen (secondary N) is 1. The van der Waals surface area contributed by atoms with Gasteiger partial charge in [-0.3, -0.25) is 5.10 Å².